The molecule has 4 bridgehead atoms. The highest BCUT2D eigenvalue weighted by Gasteiger charge is 2.76. The first kappa shape index (κ1) is 20.3. The van der Waals surface area contributed by atoms with Crippen molar-refractivity contribution in [2.24, 2.45) is 21.7 Å². The molecule has 0 N–H and O–H groups in total. The largest absolute Gasteiger partial charge is 0.297 e. The third-order valence-electron chi connectivity index (χ3n) is 8.41. The van der Waals surface area contributed by atoms with E-state index in [0.29, 0.717) is 11.6 Å². The molecule has 144 valence electrons. The second kappa shape index (κ2) is 5.37. The van der Waals surface area contributed by atoms with Gasteiger partial charge in [0, 0.05) is 31.3 Å². The Balaban J connectivity index is 1.82. The van der Waals surface area contributed by atoms with Gasteiger partial charge >= 0.3 is 0 Å². The summed E-state index contributed by atoms with van der Waals surface area (Å²) in [6.07, 6.45) is 8.25. The number of hydrogen-bond donors (Lipinski definition) is 0. The van der Waals surface area contributed by atoms with Gasteiger partial charge < -0.3 is 0 Å². The summed E-state index contributed by atoms with van der Waals surface area (Å²) in [6.45, 7) is 8.31. The third-order valence-corrected chi connectivity index (χ3v) is 15.3. The molecule has 4 fully saturated rings. The quantitative estimate of drug-likeness (QED) is 0.277. The summed E-state index contributed by atoms with van der Waals surface area (Å²) in [7, 11) is 0. The first-order chi connectivity index (χ1) is 11.7. The number of carbonyl (C=O) groups excluding carboxylic acids is 2. The second-order valence-electron chi connectivity index (χ2n) is 9.77. The van der Waals surface area contributed by atoms with Gasteiger partial charge in [0.1, 0.15) is 0 Å². The van der Waals surface area contributed by atoms with E-state index < -0.39 is 19.5 Å². The molecule has 0 aliphatic heterocycles. The number of Topliss-reactive ketones (excluding diaryl/α,β-unsaturated/α-hetero) is 2. The second-order valence-corrected chi connectivity index (χ2v) is 14.4. The molecule has 0 saturated heterocycles. The summed E-state index contributed by atoms with van der Waals surface area (Å²) in [5.74, 6) is 0.581. The molecular formula is C20H24Br4O2. The van der Waals surface area contributed by atoms with Crippen LogP contribution >= 0.6 is 63.7 Å². The maximum atomic E-state index is 13.1. The van der Waals surface area contributed by atoms with Crippen molar-refractivity contribution in [2.75, 3.05) is 0 Å². The van der Waals surface area contributed by atoms with Gasteiger partial charge in [-0.3, -0.25) is 9.59 Å². The van der Waals surface area contributed by atoms with E-state index in [0.717, 1.165) is 25.7 Å². The maximum absolute atomic E-state index is 13.1. The number of allylic oxidation sites excluding steroid dienone is 2. The minimum absolute atomic E-state index is 0.0711. The van der Waals surface area contributed by atoms with Gasteiger partial charge in [0.15, 0.2) is 11.6 Å². The summed E-state index contributed by atoms with van der Waals surface area (Å²) in [5.41, 5.74) is -1.33. The van der Waals surface area contributed by atoms with Crippen LogP contribution in [0.3, 0.4) is 0 Å². The van der Waals surface area contributed by atoms with Crippen LogP contribution in [0.15, 0.2) is 12.2 Å². The fraction of sp³-hybridized carbons (Fsp3) is 0.800. The van der Waals surface area contributed by atoms with Crippen LogP contribution in [0, 0.1) is 21.7 Å². The standard InChI is InChI=1S/C20H24Br4O2/c1-15(2)13(25)19(23)9-7-17(15,11(19)21)5-6-18-8-10-20(24,12(18)22)14(26)16(18,3)4/h5-6,11-12H,7-10H2,1-4H3/b6-5+/t11-,12+,17-,18+,19-,20-/m1/s1. The van der Waals surface area contributed by atoms with Crippen LogP contribution in [-0.4, -0.2) is 29.9 Å². The molecule has 0 spiro atoms. The molecule has 4 saturated carbocycles. The number of halogens is 4. The van der Waals surface area contributed by atoms with Crippen LogP contribution in [0.2, 0.25) is 0 Å². The predicted octanol–water partition coefficient (Wildman–Crippen LogP) is 6.12. The molecule has 0 amide bonds. The monoisotopic (exact) mass is 612 g/mol. The van der Waals surface area contributed by atoms with Gasteiger partial charge in [0.05, 0.1) is 8.65 Å². The van der Waals surface area contributed by atoms with Crippen molar-refractivity contribution in [3.8, 4) is 0 Å². The zero-order valence-electron chi connectivity index (χ0n) is 15.5. The normalized spacial score (nSPS) is 54.0. The van der Waals surface area contributed by atoms with Gasteiger partial charge in [-0.15, -0.1) is 0 Å². The van der Waals surface area contributed by atoms with Crippen molar-refractivity contribution in [3.63, 3.8) is 0 Å². The topological polar surface area (TPSA) is 34.1 Å². The minimum Gasteiger partial charge on any atom is -0.297 e. The molecule has 0 aromatic heterocycles. The van der Waals surface area contributed by atoms with Gasteiger partial charge in [-0.2, -0.15) is 0 Å². The van der Waals surface area contributed by atoms with E-state index in [4.69, 9.17) is 0 Å². The van der Waals surface area contributed by atoms with E-state index in [1.54, 1.807) is 0 Å². The van der Waals surface area contributed by atoms with Crippen LogP contribution in [0.5, 0.6) is 0 Å². The van der Waals surface area contributed by atoms with Crippen LogP contribution in [0.4, 0.5) is 0 Å². The molecule has 0 aromatic carbocycles. The van der Waals surface area contributed by atoms with E-state index in [2.05, 4.69) is 104 Å². The van der Waals surface area contributed by atoms with Crippen molar-refractivity contribution < 1.29 is 9.59 Å². The van der Waals surface area contributed by atoms with Crippen molar-refractivity contribution in [1.82, 2.24) is 0 Å². The molecule has 0 aromatic rings. The van der Waals surface area contributed by atoms with Gasteiger partial charge in [0.2, 0.25) is 0 Å². The minimum atomic E-state index is -0.470. The van der Waals surface area contributed by atoms with E-state index in [1.807, 2.05) is 0 Å². The highest BCUT2D eigenvalue weighted by atomic mass is 79.9. The van der Waals surface area contributed by atoms with Gasteiger partial charge in [0.25, 0.3) is 0 Å². The molecule has 26 heavy (non-hydrogen) atoms. The molecule has 2 nitrogen and oxygen atoms in total. The number of rotatable bonds is 2. The molecule has 0 radical (unpaired) electrons. The van der Waals surface area contributed by atoms with Crippen LogP contribution in [-0.2, 0) is 9.59 Å². The van der Waals surface area contributed by atoms with Crippen LogP contribution in [0.25, 0.3) is 0 Å². The van der Waals surface area contributed by atoms with Crippen molar-refractivity contribution in [2.45, 2.75) is 71.7 Å². The summed E-state index contributed by atoms with van der Waals surface area (Å²) in [6, 6.07) is 0. The summed E-state index contributed by atoms with van der Waals surface area (Å²) >= 11 is 15.3. The Hall–Kier alpha value is 1.000. The number of hydrogen-bond acceptors (Lipinski definition) is 2. The SMILES string of the molecule is CC1(C)C(=O)[C@@]2(Br)CC[C@@]1(/C=C/[C@]13CC[C@](Br)(C(=O)C1(C)C)[C@@H]3Br)[C@@H]2Br. The predicted molar refractivity (Wildman–Crippen MR) is 119 cm³/mol. The third kappa shape index (κ3) is 1.86. The Morgan fingerprint density at radius 1 is 0.731 bits per heavy atom. The Kier molecular flexibility index (Phi) is 4.19. The Morgan fingerprint density at radius 2 is 1.04 bits per heavy atom. The van der Waals surface area contributed by atoms with Gasteiger partial charge in [-0.05, 0) is 25.7 Å². The van der Waals surface area contributed by atoms with Gasteiger partial charge in [-0.25, -0.2) is 0 Å². The number of carbonyl (C=O) groups is 2. The lowest BCUT2D eigenvalue weighted by atomic mass is 9.60. The average molecular weight is 616 g/mol. The molecule has 4 aliphatic carbocycles. The van der Waals surface area contributed by atoms with E-state index in [9.17, 15) is 9.59 Å². The summed E-state index contributed by atoms with van der Waals surface area (Å²) < 4.78 is -0.940. The zero-order valence-corrected chi connectivity index (χ0v) is 21.8. The lowest BCUT2D eigenvalue weighted by molar-refractivity contribution is -0.131. The molecular weight excluding hydrogens is 592 g/mol. The lowest BCUT2D eigenvalue weighted by Gasteiger charge is -2.43. The summed E-state index contributed by atoms with van der Waals surface area (Å²) in [5, 5.41) is 0. The highest BCUT2D eigenvalue weighted by molar-refractivity contribution is 9.13. The number of alkyl halides is 4. The molecule has 4 aliphatic rings. The van der Waals surface area contributed by atoms with Gasteiger partial charge in [-0.1, -0.05) is 104 Å². The van der Waals surface area contributed by atoms with Crippen molar-refractivity contribution >= 4 is 75.3 Å². The Labute approximate surface area is 189 Å². The first-order valence-electron chi connectivity index (χ1n) is 9.20. The fourth-order valence-corrected chi connectivity index (χ4v) is 11.3. The molecule has 0 heterocycles. The first-order valence-corrected chi connectivity index (χ1v) is 12.6. The summed E-state index contributed by atoms with van der Waals surface area (Å²) in [4.78, 5) is 26.3. The molecule has 6 heteroatoms. The molecule has 4 rings (SSSR count). The zero-order chi connectivity index (χ0) is 19.6. The molecule has 0 unspecified atom stereocenters. The maximum Gasteiger partial charge on any atom is 0.157 e. The van der Waals surface area contributed by atoms with E-state index in [1.165, 1.54) is 0 Å². The van der Waals surface area contributed by atoms with Crippen molar-refractivity contribution in [1.29, 1.82) is 0 Å². The average Bonchev–Trinajstić information content (AvgIpc) is 3.06. The molecule has 6 atom stereocenters. The lowest BCUT2D eigenvalue weighted by Crippen LogP contribution is -2.43. The number of ketones is 2. The van der Waals surface area contributed by atoms with E-state index >= 15 is 0 Å². The van der Waals surface area contributed by atoms with Crippen molar-refractivity contribution in [3.05, 3.63) is 12.2 Å². The number of fused-ring (bicyclic) bond motifs is 4. The van der Waals surface area contributed by atoms with E-state index in [-0.39, 0.29) is 20.5 Å². The highest BCUT2D eigenvalue weighted by Crippen LogP contribution is 2.73. The Morgan fingerprint density at radius 3 is 1.27 bits per heavy atom. The van der Waals surface area contributed by atoms with Crippen LogP contribution < -0.4 is 0 Å². The van der Waals surface area contributed by atoms with Crippen LogP contribution in [0.1, 0.15) is 53.4 Å². The smallest absolute Gasteiger partial charge is 0.157 e. The fourth-order valence-electron chi connectivity index (χ4n) is 6.33. The Bertz CT molecular complexity index is 697.